The van der Waals surface area contributed by atoms with Gasteiger partial charge in [-0.3, -0.25) is 4.79 Å². The van der Waals surface area contributed by atoms with Gasteiger partial charge in [-0.2, -0.15) is 0 Å². The third-order valence-corrected chi connectivity index (χ3v) is 2.55. The second-order valence-corrected chi connectivity index (χ2v) is 4.18. The number of hydrogen-bond donors (Lipinski definition) is 3. The standard InChI is InChI=1S/C10H15N5O3/c16-9(5-12-7-1-2-7)11-3-4-15-6-8(10(17)18)13-14-15/h6-7,12H,1-5H2,(H,11,16)(H,17,18). The van der Waals surface area contributed by atoms with Crippen molar-refractivity contribution in [3.05, 3.63) is 11.9 Å². The number of carboxylic acid groups (broad SMARTS) is 1. The van der Waals surface area contributed by atoms with E-state index in [0.29, 0.717) is 25.7 Å². The summed E-state index contributed by atoms with van der Waals surface area (Å²) in [5, 5.41) is 21.6. The molecule has 0 atom stereocenters. The summed E-state index contributed by atoms with van der Waals surface area (Å²) in [6.07, 6.45) is 3.62. The van der Waals surface area contributed by atoms with E-state index >= 15 is 0 Å². The Morgan fingerprint density at radius 3 is 2.89 bits per heavy atom. The summed E-state index contributed by atoms with van der Waals surface area (Å²) in [4.78, 5) is 21.9. The van der Waals surface area contributed by atoms with Gasteiger partial charge in [-0.15, -0.1) is 5.10 Å². The fourth-order valence-electron chi connectivity index (χ4n) is 1.40. The summed E-state index contributed by atoms with van der Waals surface area (Å²) >= 11 is 0. The third kappa shape index (κ3) is 3.81. The molecule has 8 nitrogen and oxygen atoms in total. The molecule has 1 aromatic rings. The molecule has 1 amide bonds. The number of aromatic carboxylic acids is 1. The maximum Gasteiger partial charge on any atom is 0.358 e. The summed E-state index contributed by atoms with van der Waals surface area (Å²) in [7, 11) is 0. The first-order valence-corrected chi connectivity index (χ1v) is 5.78. The molecule has 8 heteroatoms. The largest absolute Gasteiger partial charge is 0.476 e. The van der Waals surface area contributed by atoms with Crippen molar-refractivity contribution in [1.82, 2.24) is 25.6 Å². The lowest BCUT2D eigenvalue weighted by Crippen LogP contribution is -2.36. The summed E-state index contributed by atoms with van der Waals surface area (Å²) < 4.78 is 1.39. The van der Waals surface area contributed by atoms with Gasteiger partial charge in [-0.1, -0.05) is 5.21 Å². The lowest BCUT2D eigenvalue weighted by atomic mass is 10.5. The number of carbonyl (C=O) groups excluding carboxylic acids is 1. The van der Waals surface area contributed by atoms with Crippen LogP contribution in [0.3, 0.4) is 0 Å². The molecule has 1 saturated carbocycles. The van der Waals surface area contributed by atoms with Gasteiger partial charge in [-0.05, 0) is 12.8 Å². The Balaban J connectivity index is 1.64. The van der Waals surface area contributed by atoms with Crippen molar-refractivity contribution in [2.24, 2.45) is 0 Å². The van der Waals surface area contributed by atoms with Crippen molar-refractivity contribution in [3.8, 4) is 0 Å². The first kappa shape index (κ1) is 12.5. The van der Waals surface area contributed by atoms with Crippen LogP contribution >= 0.6 is 0 Å². The second kappa shape index (κ2) is 5.58. The number of aromatic nitrogens is 3. The SMILES string of the molecule is O=C(CNC1CC1)NCCn1cc(C(=O)O)nn1. The van der Waals surface area contributed by atoms with Crippen LogP contribution < -0.4 is 10.6 Å². The van der Waals surface area contributed by atoms with E-state index in [4.69, 9.17) is 5.11 Å². The molecule has 0 saturated heterocycles. The second-order valence-electron chi connectivity index (χ2n) is 4.18. The summed E-state index contributed by atoms with van der Waals surface area (Å²) in [6.45, 7) is 1.12. The maximum atomic E-state index is 11.4. The topological polar surface area (TPSA) is 109 Å². The van der Waals surface area contributed by atoms with E-state index in [2.05, 4.69) is 20.9 Å². The van der Waals surface area contributed by atoms with E-state index in [-0.39, 0.29) is 11.6 Å². The molecule has 0 aromatic carbocycles. The van der Waals surface area contributed by atoms with Crippen LogP contribution in [0.25, 0.3) is 0 Å². The quantitative estimate of drug-likeness (QED) is 0.566. The number of carboxylic acids is 1. The smallest absolute Gasteiger partial charge is 0.358 e. The van der Waals surface area contributed by atoms with Crippen LogP contribution in [0, 0.1) is 0 Å². The van der Waals surface area contributed by atoms with Crippen LogP contribution in [0.5, 0.6) is 0 Å². The molecule has 1 aromatic heterocycles. The van der Waals surface area contributed by atoms with Gasteiger partial charge in [0.05, 0.1) is 19.3 Å². The first-order chi connectivity index (χ1) is 8.65. The Morgan fingerprint density at radius 1 is 1.50 bits per heavy atom. The Labute approximate surface area is 103 Å². The fourth-order valence-corrected chi connectivity index (χ4v) is 1.40. The highest BCUT2D eigenvalue weighted by Gasteiger charge is 2.20. The normalized spacial score (nSPS) is 14.4. The number of amides is 1. The van der Waals surface area contributed by atoms with Gasteiger partial charge in [0.2, 0.25) is 5.91 Å². The average molecular weight is 253 g/mol. The van der Waals surface area contributed by atoms with E-state index in [0.717, 1.165) is 12.8 Å². The molecule has 2 rings (SSSR count). The van der Waals surface area contributed by atoms with Crippen LogP contribution in [0.2, 0.25) is 0 Å². The molecule has 1 heterocycles. The molecular weight excluding hydrogens is 238 g/mol. The Hall–Kier alpha value is -1.96. The first-order valence-electron chi connectivity index (χ1n) is 5.78. The van der Waals surface area contributed by atoms with E-state index in [1.54, 1.807) is 0 Å². The van der Waals surface area contributed by atoms with Crippen molar-refractivity contribution in [1.29, 1.82) is 0 Å². The van der Waals surface area contributed by atoms with Crippen molar-refractivity contribution in [2.45, 2.75) is 25.4 Å². The van der Waals surface area contributed by atoms with Gasteiger partial charge < -0.3 is 15.7 Å². The van der Waals surface area contributed by atoms with Crippen LogP contribution in [-0.4, -0.2) is 51.1 Å². The molecule has 0 bridgehead atoms. The minimum atomic E-state index is -1.11. The van der Waals surface area contributed by atoms with Crippen molar-refractivity contribution in [3.63, 3.8) is 0 Å². The molecular formula is C10H15N5O3. The maximum absolute atomic E-state index is 11.4. The predicted octanol–water partition coefficient (Wildman–Crippen LogP) is -1.16. The molecule has 18 heavy (non-hydrogen) atoms. The van der Waals surface area contributed by atoms with Crippen molar-refractivity contribution < 1.29 is 14.7 Å². The van der Waals surface area contributed by atoms with Crippen molar-refractivity contribution >= 4 is 11.9 Å². The number of rotatable bonds is 7. The monoisotopic (exact) mass is 253 g/mol. The number of nitrogens with one attached hydrogen (secondary N) is 2. The molecule has 3 N–H and O–H groups in total. The molecule has 1 aliphatic carbocycles. The van der Waals surface area contributed by atoms with Gasteiger partial charge in [0.1, 0.15) is 0 Å². The molecule has 0 spiro atoms. The zero-order valence-electron chi connectivity index (χ0n) is 9.80. The molecule has 0 radical (unpaired) electrons. The molecule has 98 valence electrons. The molecule has 1 aliphatic rings. The highest BCUT2D eigenvalue weighted by Crippen LogP contribution is 2.17. The van der Waals surface area contributed by atoms with Gasteiger partial charge in [0, 0.05) is 12.6 Å². The Kier molecular flexibility index (Phi) is 3.88. The molecule has 0 unspecified atom stereocenters. The minimum absolute atomic E-state index is 0.0690. The lowest BCUT2D eigenvalue weighted by Gasteiger charge is -2.05. The van der Waals surface area contributed by atoms with Crippen LogP contribution in [0.15, 0.2) is 6.20 Å². The highest BCUT2D eigenvalue weighted by atomic mass is 16.4. The summed E-state index contributed by atoms with van der Waals surface area (Å²) in [5.74, 6) is -1.18. The van der Waals surface area contributed by atoms with Crippen LogP contribution in [-0.2, 0) is 11.3 Å². The van der Waals surface area contributed by atoms with Gasteiger partial charge in [0.25, 0.3) is 0 Å². The average Bonchev–Trinajstić information content (AvgIpc) is 3.04. The van der Waals surface area contributed by atoms with Gasteiger partial charge in [-0.25, -0.2) is 9.48 Å². The third-order valence-electron chi connectivity index (χ3n) is 2.55. The summed E-state index contributed by atoms with van der Waals surface area (Å²) in [6, 6.07) is 0.504. The van der Waals surface area contributed by atoms with Crippen molar-refractivity contribution in [2.75, 3.05) is 13.1 Å². The van der Waals surface area contributed by atoms with E-state index in [1.165, 1.54) is 10.9 Å². The zero-order valence-corrected chi connectivity index (χ0v) is 9.80. The van der Waals surface area contributed by atoms with E-state index in [9.17, 15) is 9.59 Å². The Bertz CT molecular complexity index is 440. The molecule has 0 aliphatic heterocycles. The number of nitrogens with zero attached hydrogens (tertiary/aromatic N) is 3. The number of carbonyl (C=O) groups is 2. The van der Waals surface area contributed by atoms with Crippen LogP contribution in [0.4, 0.5) is 0 Å². The van der Waals surface area contributed by atoms with Gasteiger partial charge >= 0.3 is 5.97 Å². The fraction of sp³-hybridized carbons (Fsp3) is 0.600. The van der Waals surface area contributed by atoms with Crippen LogP contribution in [0.1, 0.15) is 23.3 Å². The minimum Gasteiger partial charge on any atom is -0.476 e. The van der Waals surface area contributed by atoms with Gasteiger partial charge in [0.15, 0.2) is 5.69 Å². The Morgan fingerprint density at radius 2 is 2.28 bits per heavy atom. The molecule has 1 fully saturated rings. The zero-order chi connectivity index (χ0) is 13.0. The van der Waals surface area contributed by atoms with E-state index < -0.39 is 5.97 Å². The number of hydrogen-bond acceptors (Lipinski definition) is 5. The predicted molar refractivity (Wildman–Crippen MR) is 61.0 cm³/mol. The summed E-state index contributed by atoms with van der Waals surface area (Å²) in [5.41, 5.74) is -0.100. The lowest BCUT2D eigenvalue weighted by molar-refractivity contribution is -0.120. The van der Waals surface area contributed by atoms with E-state index in [1.807, 2.05) is 0 Å². The highest BCUT2D eigenvalue weighted by molar-refractivity contribution is 5.84.